The standard InChI is InChI=1S/C37H47N7O7S/c1-6-50-34(47)37-21-24(37)12-10-8-7-9-11-13-27(39-35(48)51-36(2,3)4)33(46)43-22-25(20-28(43)31(45)40-37)44-41-29(23-14-16-26(49-5)17-15-23)30(42-44)32-38-18-19-52-32/h10,12,14-19,24-25,27-28H,6-9,11,13,20-22H2,1-5H3,(H,39,48)(H,40,45)/b12-10-/t24-,25-,27+,28+,37-/m1/s1. The highest BCUT2D eigenvalue weighted by Gasteiger charge is 2.62. The molecule has 1 aliphatic carbocycles. The van der Waals surface area contributed by atoms with Crippen LogP contribution in [0, 0.1) is 5.92 Å². The fourth-order valence-corrected chi connectivity index (χ4v) is 7.48. The van der Waals surface area contributed by atoms with Crippen LogP contribution in [0.5, 0.6) is 5.75 Å². The van der Waals surface area contributed by atoms with Gasteiger partial charge in [0.1, 0.15) is 45.4 Å². The van der Waals surface area contributed by atoms with E-state index in [1.807, 2.05) is 41.8 Å². The molecule has 0 unspecified atom stereocenters. The first-order valence-electron chi connectivity index (χ1n) is 17.9. The highest BCUT2D eigenvalue weighted by Crippen LogP contribution is 2.46. The molecule has 0 radical (unpaired) electrons. The predicted octanol–water partition coefficient (Wildman–Crippen LogP) is 5.07. The molecule has 1 saturated heterocycles. The van der Waals surface area contributed by atoms with Crippen molar-refractivity contribution in [2.24, 2.45) is 5.92 Å². The Hall–Kier alpha value is -4.79. The summed E-state index contributed by atoms with van der Waals surface area (Å²) >= 11 is 1.43. The molecule has 2 fully saturated rings. The Bertz CT molecular complexity index is 1790. The number of nitrogens with zero attached hydrogens (tertiary/aromatic N) is 5. The first-order valence-corrected chi connectivity index (χ1v) is 18.8. The zero-order valence-electron chi connectivity index (χ0n) is 30.3. The third kappa shape index (κ3) is 8.14. The molecule has 0 bridgehead atoms. The summed E-state index contributed by atoms with van der Waals surface area (Å²) in [6.07, 6.45) is 9.11. The van der Waals surface area contributed by atoms with Crippen molar-refractivity contribution in [3.63, 3.8) is 0 Å². The van der Waals surface area contributed by atoms with Gasteiger partial charge in [-0.1, -0.05) is 25.0 Å². The molecule has 5 atom stereocenters. The lowest BCUT2D eigenvalue weighted by Gasteiger charge is -2.30. The van der Waals surface area contributed by atoms with E-state index in [9.17, 15) is 19.2 Å². The van der Waals surface area contributed by atoms with E-state index in [-0.39, 0.29) is 25.5 Å². The van der Waals surface area contributed by atoms with Crippen LogP contribution in [0.4, 0.5) is 4.79 Å². The molecular weight excluding hydrogens is 687 g/mol. The van der Waals surface area contributed by atoms with E-state index in [0.29, 0.717) is 41.4 Å². The molecule has 6 rings (SSSR count). The van der Waals surface area contributed by atoms with Crippen LogP contribution in [-0.2, 0) is 23.9 Å². The summed E-state index contributed by atoms with van der Waals surface area (Å²) in [4.78, 5) is 62.7. The monoisotopic (exact) mass is 733 g/mol. The van der Waals surface area contributed by atoms with Gasteiger partial charge in [0, 0.05) is 36.0 Å². The van der Waals surface area contributed by atoms with E-state index in [1.54, 1.807) is 45.8 Å². The van der Waals surface area contributed by atoms with Gasteiger partial charge in [-0.25, -0.2) is 14.6 Å². The Morgan fingerprint density at radius 1 is 1.10 bits per heavy atom. The van der Waals surface area contributed by atoms with Crippen LogP contribution in [0.15, 0.2) is 48.0 Å². The molecule has 52 heavy (non-hydrogen) atoms. The zero-order chi connectivity index (χ0) is 37.0. The fraction of sp³-hybridized carbons (Fsp3) is 0.541. The SMILES string of the molecule is CCOC(=O)[C@@]12C[C@H]1/C=C\CCCCC[C@H](NC(=O)OC(C)(C)C)C(=O)N1C[C@H](n3nc(-c4ccc(OC)cc4)c(-c4nccs4)n3)C[C@H]1C(=O)N2. The number of thiazole rings is 1. The fourth-order valence-electron chi connectivity index (χ4n) is 6.85. The van der Waals surface area contributed by atoms with E-state index in [4.69, 9.17) is 24.4 Å². The van der Waals surface area contributed by atoms with Gasteiger partial charge in [-0.3, -0.25) is 9.59 Å². The Morgan fingerprint density at radius 3 is 2.56 bits per heavy atom. The highest BCUT2D eigenvalue weighted by molar-refractivity contribution is 7.13. The molecule has 1 saturated carbocycles. The molecule has 0 spiro atoms. The van der Waals surface area contributed by atoms with Gasteiger partial charge in [0.05, 0.1) is 19.8 Å². The summed E-state index contributed by atoms with van der Waals surface area (Å²) in [5.74, 6) is -0.912. The predicted molar refractivity (Wildman–Crippen MR) is 193 cm³/mol. The summed E-state index contributed by atoms with van der Waals surface area (Å²) in [5.41, 5.74) is -0.0287. The number of benzene rings is 1. The second-order valence-corrected chi connectivity index (χ2v) is 15.3. The average Bonchev–Trinajstić information content (AvgIpc) is 3.57. The van der Waals surface area contributed by atoms with Crippen molar-refractivity contribution < 1.29 is 33.4 Å². The number of amides is 3. The first kappa shape index (κ1) is 37.0. The largest absolute Gasteiger partial charge is 0.497 e. The molecule has 278 valence electrons. The molecule has 2 aromatic heterocycles. The molecule has 3 aromatic rings. The third-order valence-electron chi connectivity index (χ3n) is 9.54. The molecule has 14 nitrogen and oxygen atoms in total. The molecule has 3 aliphatic rings. The topological polar surface area (TPSA) is 167 Å². The number of nitrogens with one attached hydrogen (secondary N) is 2. The maximum atomic E-state index is 14.5. The summed E-state index contributed by atoms with van der Waals surface area (Å²) in [7, 11) is 1.60. The third-order valence-corrected chi connectivity index (χ3v) is 10.3. The normalized spacial score (nSPS) is 25.8. The van der Waals surface area contributed by atoms with E-state index in [2.05, 4.69) is 15.6 Å². The van der Waals surface area contributed by atoms with Crippen molar-refractivity contribution in [3.8, 4) is 27.7 Å². The first-order chi connectivity index (χ1) is 24.9. The van der Waals surface area contributed by atoms with Crippen LogP contribution in [0.2, 0.25) is 0 Å². The number of carbonyl (C=O) groups is 4. The highest BCUT2D eigenvalue weighted by atomic mass is 32.1. The molecule has 3 amide bonds. The van der Waals surface area contributed by atoms with E-state index in [1.165, 1.54) is 16.2 Å². The van der Waals surface area contributed by atoms with Crippen molar-refractivity contribution >= 4 is 35.2 Å². The quantitative estimate of drug-likeness (QED) is 0.247. The second-order valence-electron chi connectivity index (χ2n) is 14.4. The number of aromatic nitrogens is 4. The van der Waals surface area contributed by atoms with Crippen LogP contribution in [0.3, 0.4) is 0 Å². The van der Waals surface area contributed by atoms with Gasteiger partial charge in [0.2, 0.25) is 11.8 Å². The van der Waals surface area contributed by atoms with Crippen molar-refractivity contribution in [1.82, 2.24) is 35.5 Å². The number of ether oxygens (including phenoxy) is 3. The Labute approximate surface area is 307 Å². The van der Waals surface area contributed by atoms with Crippen molar-refractivity contribution in [3.05, 3.63) is 48.0 Å². The van der Waals surface area contributed by atoms with Gasteiger partial charge in [0.25, 0.3) is 0 Å². The summed E-state index contributed by atoms with van der Waals surface area (Å²) in [6, 6.07) is 5.02. The number of rotatable bonds is 7. The number of hydrogen-bond acceptors (Lipinski definition) is 11. The average molecular weight is 734 g/mol. The molecule has 2 aliphatic heterocycles. The number of esters is 1. The zero-order valence-corrected chi connectivity index (χ0v) is 31.1. The van der Waals surface area contributed by atoms with E-state index < -0.39 is 53.1 Å². The van der Waals surface area contributed by atoms with Crippen LogP contribution in [0.25, 0.3) is 22.0 Å². The maximum absolute atomic E-state index is 14.5. The van der Waals surface area contributed by atoms with Gasteiger partial charge < -0.3 is 29.7 Å². The second kappa shape index (κ2) is 15.4. The number of alkyl carbamates (subject to hydrolysis) is 1. The number of hydrogen-bond donors (Lipinski definition) is 2. The van der Waals surface area contributed by atoms with Crippen LogP contribution in [0.1, 0.15) is 78.7 Å². The van der Waals surface area contributed by atoms with Crippen molar-refractivity contribution in [2.75, 3.05) is 20.3 Å². The minimum Gasteiger partial charge on any atom is -0.497 e. The van der Waals surface area contributed by atoms with Crippen LogP contribution >= 0.6 is 11.3 Å². The smallest absolute Gasteiger partial charge is 0.408 e. The van der Waals surface area contributed by atoms with Crippen molar-refractivity contribution in [1.29, 1.82) is 0 Å². The lowest BCUT2D eigenvalue weighted by Crippen LogP contribution is -2.56. The molecular formula is C37H47N7O7S. The van der Waals surface area contributed by atoms with Gasteiger partial charge >= 0.3 is 12.1 Å². The number of fused-ring (bicyclic) bond motifs is 2. The van der Waals surface area contributed by atoms with Crippen molar-refractivity contribution in [2.45, 2.75) is 102 Å². The number of carbonyl (C=O) groups excluding carboxylic acids is 4. The summed E-state index contributed by atoms with van der Waals surface area (Å²) in [6.45, 7) is 7.26. The molecule has 4 heterocycles. The molecule has 15 heteroatoms. The molecule has 1 aromatic carbocycles. The van der Waals surface area contributed by atoms with Crippen LogP contribution in [-0.4, -0.2) is 92.2 Å². The Balaban J connectivity index is 1.36. The number of allylic oxidation sites excluding steroid dienone is 1. The maximum Gasteiger partial charge on any atom is 0.408 e. The Morgan fingerprint density at radius 2 is 1.87 bits per heavy atom. The number of methoxy groups -OCH3 is 1. The van der Waals surface area contributed by atoms with E-state index >= 15 is 0 Å². The van der Waals surface area contributed by atoms with Gasteiger partial charge in [0.15, 0.2) is 0 Å². The van der Waals surface area contributed by atoms with Gasteiger partial charge in [-0.15, -0.1) is 16.4 Å². The van der Waals surface area contributed by atoms with Gasteiger partial charge in [-0.2, -0.15) is 9.90 Å². The van der Waals surface area contributed by atoms with E-state index in [0.717, 1.165) is 24.8 Å². The summed E-state index contributed by atoms with van der Waals surface area (Å²) < 4.78 is 16.3. The minimum absolute atomic E-state index is 0.0905. The minimum atomic E-state index is -1.21. The lowest BCUT2D eigenvalue weighted by atomic mass is 10.0. The van der Waals surface area contributed by atoms with Gasteiger partial charge in [-0.05, 0) is 77.6 Å². The summed E-state index contributed by atoms with van der Waals surface area (Å²) in [5, 5.41) is 18.1. The van der Waals surface area contributed by atoms with Crippen LogP contribution < -0.4 is 15.4 Å². The lowest BCUT2D eigenvalue weighted by molar-refractivity contribution is -0.150. The Kier molecular flexibility index (Phi) is 11.0. The molecule has 2 N–H and O–H groups in total.